The number of hydrogen-bond acceptors (Lipinski definition) is 5. The van der Waals surface area contributed by atoms with E-state index in [9.17, 15) is 14.0 Å². The SMILES string of the molecule is CCO/C(=C/C(=O)OCC(C)C)COc1cc(-c2c(Cl)n3n(c2=O)CCCC3)c(F)cc1Cl. The third kappa shape index (κ3) is 5.92. The van der Waals surface area contributed by atoms with Crippen molar-refractivity contribution in [3.8, 4) is 16.9 Å². The number of hydrogen-bond donors (Lipinski definition) is 0. The molecule has 0 saturated heterocycles. The maximum Gasteiger partial charge on any atom is 0.334 e. The summed E-state index contributed by atoms with van der Waals surface area (Å²) < 4.78 is 34.3. The lowest BCUT2D eigenvalue weighted by molar-refractivity contribution is -0.139. The molecular weight excluding hydrogens is 474 g/mol. The molecule has 180 valence electrons. The van der Waals surface area contributed by atoms with Crippen molar-refractivity contribution in [2.45, 2.75) is 46.7 Å². The molecule has 0 radical (unpaired) electrons. The molecule has 0 atom stereocenters. The van der Waals surface area contributed by atoms with Gasteiger partial charge in [0, 0.05) is 18.7 Å². The van der Waals surface area contributed by atoms with Crippen LogP contribution in [0.3, 0.4) is 0 Å². The fraction of sp³-hybridized carbons (Fsp3) is 0.478. The van der Waals surface area contributed by atoms with Crippen LogP contribution in [0.4, 0.5) is 4.39 Å². The van der Waals surface area contributed by atoms with Crippen molar-refractivity contribution >= 4 is 29.2 Å². The summed E-state index contributed by atoms with van der Waals surface area (Å²) in [7, 11) is 0. The van der Waals surface area contributed by atoms with Crippen molar-refractivity contribution in [1.29, 1.82) is 0 Å². The summed E-state index contributed by atoms with van der Waals surface area (Å²) in [6.07, 6.45) is 2.94. The number of ether oxygens (including phenoxy) is 3. The molecule has 2 aromatic rings. The fourth-order valence-corrected chi connectivity index (χ4v) is 4.03. The number of esters is 1. The van der Waals surface area contributed by atoms with Crippen LogP contribution in [0.25, 0.3) is 11.1 Å². The molecule has 10 heteroatoms. The molecule has 7 nitrogen and oxygen atoms in total. The van der Waals surface area contributed by atoms with Crippen LogP contribution in [-0.2, 0) is 27.4 Å². The van der Waals surface area contributed by atoms with E-state index in [1.807, 2.05) is 13.8 Å². The molecule has 0 spiro atoms. The van der Waals surface area contributed by atoms with Crippen LogP contribution >= 0.6 is 23.2 Å². The molecule has 0 N–H and O–H groups in total. The van der Waals surface area contributed by atoms with Crippen molar-refractivity contribution in [3.63, 3.8) is 0 Å². The Morgan fingerprint density at radius 2 is 1.88 bits per heavy atom. The van der Waals surface area contributed by atoms with Crippen LogP contribution in [0.15, 0.2) is 28.8 Å². The quantitative estimate of drug-likeness (QED) is 0.273. The topological polar surface area (TPSA) is 71.7 Å². The van der Waals surface area contributed by atoms with Gasteiger partial charge in [-0.25, -0.2) is 13.9 Å². The van der Waals surface area contributed by atoms with Gasteiger partial charge in [-0.15, -0.1) is 0 Å². The Kier molecular flexibility index (Phi) is 8.48. The van der Waals surface area contributed by atoms with Crippen molar-refractivity contribution in [1.82, 2.24) is 9.36 Å². The van der Waals surface area contributed by atoms with E-state index in [0.717, 1.165) is 18.9 Å². The molecule has 0 saturated carbocycles. The number of fused-ring (bicyclic) bond motifs is 1. The third-order valence-electron chi connectivity index (χ3n) is 4.99. The summed E-state index contributed by atoms with van der Waals surface area (Å²) in [6, 6.07) is 2.41. The Hall–Kier alpha value is -2.45. The molecule has 0 bridgehead atoms. The molecule has 33 heavy (non-hydrogen) atoms. The van der Waals surface area contributed by atoms with Gasteiger partial charge < -0.3 is 14.2 Å². The van der Waals surface area contributed by atoms with Crippen LogP contribution in [-0.4, -0.2) is 35.2 Å². The van der Waals surface area contributed by atoms with Gasteiger partial charge in [0.2, 0.25) is 0 Å². The first kappa shape index (κ1) is 25.2. The summed E-state index contributed by atoms with van der Waals surface area (Å²) in [4.78, 5) is 24.9. The van der Waals surface area contributed by atoms with Crippen LogP contribution in [0.5, 0.6) is 5.75 Å². The number of carbonyl (C=O) groups excluding carboxylic acids is 1. The Morgan fingerprint density at radius 3 is 2.52 bits per heavy atom. The lowest BCUT2D eigenvalue weighted by atomic mass is 10.1. The van der Waals surface area contributed by atoms with E-state index in [1.165, 1.54) is 16.8 Å². The van der Waals surface area contributed by atoms with Crippen LogP contribution in [0.2, 0.25) is 10.2 Å². The highest BCUT2D eigenvalue weighted by Gasteiger charge is 2.25. The monoisotopic (exact) mass is 500 g/mol. The summed E-state index contributed by atoms with van der Waals surface area (Å²) in [5, 5.41) is 0.185. The summed E-state index contributed by atoms with van der Waals surface area (Å²) in [5.41, 5.74) is -0.304. The van der Waals surface area contributed by atoms with E-state index in [4.69, 9.17) is 37.4 Å². The van der Waals surface area contributed by atoms with Crippen molar-refractivity contribution in [2.24, 2.45) is 5.92 Å². The Labute approximate surface area is 201 Å². The van der Waals surface area contributed by atoms with E-state index < -0.39 is 11.8 Å². The van der Waals surface area contributed by atoms with Gasteiger partial charge in [-0.3, -0.25) is 9.48 Å². The maximum atomic E-state index is 14.8. The summed E-state index contributed by atoms with van der Waals surface area (Å²) in [6.45, 7) is 7.16. The number of halogens is 3. The van der Waals surface area contributed by atoms with E-state index in [0.29, 0.717) is 19.7 Å². The third-order valence-corrected chi connectivity index (χ3v) is 5.67. The largest absolute Gasteiger partial charge is 0.494 e. The van der Waals surface area contributed by atoms with Gasteiger partial charge in [0.05, 0.1) is 29.9 Å². The molecular formula is C23H27Cl2FN2O5. The summed E-state index contributed by atoms with van der Waals surface area (Å²) in [5.74, 6) is -0.695. The van der Waals surface area contributed by atoms with E-state index in [-0.39, 0.29) is 57.5 Å². The first-order valence-corrected chi connectivity index (χ1v) is 11.6. The Bertz CT molecular complexity index is 1110. The van der Waals surface area contributed by atoms with Crippen molar-refractivity contribution in [3.05, 3.63) is 50.3 Å². The van der Waals surface area contributed by atoms with Gasteiger partial charge in [0.15, 0.2) is 0 Å². The Balaban J connectivity index is 1.87. The van der Waals surface area contributed by atoms with E-state index in [2.05, 4.69) is 0 Å². The molecule has 2 heterocycles. The van der Waals surface area contributed by atoms with Gasteiger partial charge in [-0.1, -0.05) is 37.0 Å². The van der Waals surface area contributed by atoms with Gasteiger partial charge in [0.1, 0.15) is 29.1 Å². The zero-order valence-electron chi connectivity index (χ0n) is 18.8. The minimum Gasteiger partial charge on any atom is -0.494 e. The summed E-state index contributed by atoms with van der Waals surface area (Å²) >= 11 is 12.6. The number of rotatable bonds is 9. The first-order valence-electron chi connectivity index (χ1n) is 10.8. The van der Waals surface area contributed by atoms with Crippen LogP contribution in [0, 0.1) is 11.7 Å². The number of nitrogens with zero attached hydrogens (tertiary/aromatic N) is 2. The molecule has 1 aromatic carbocycles. The average molecular weight is 501 g/mol. The predicted octanol–water partition coefficient (Wildman–Crippen LogP) is 5.05. The van der Waals surface area contributed by atoms with Gasteiger partial charge >= 0.3 is 5.97 Å². The lowest BCUT2D eigenvalue weighted by Crippen LogP contribution is -2.27. The van der Waals surface area contributed by atoms with Gasteiger partial charge in [0.25, 0.3) is 5.56 Å². The number of aromatic nitrogens is 2. The van der Waals surface area contributed by atoms with Crippen molar-refractivity contribution in [2.75, 3.05) is 19.8 Å². The molecule has 0 aliphatic carbocycles. The highest BCUT2D eigenvalue weighted by molar-refractivity contribution is 6.33. The second kappa shape index (κ2) is 11.1. The zero-order chi connectivity index (χ0) is 24.1. The van der Waals surface area contributed by atoms with Crippen molar-refractivity contribution < 1.29 is 23.4 Å². The van der Waals surface area contributed by atoms with E-state index >= 15 is 0 Å². The van der Waals surface area contributed by atoms with Crippen LogP contribution in [0.1, 0.15) is 33.6 Å². The highest BCUT2D eigenvalue weighted by Crippen LogP contribution is 2.36. The molecule has 3 rings (SSSR count). The zero-order valence-corrected chi connectivity index (χ0v) is 20.3. The fourth-order valence-electron chi connectivity index (χ4n) is 3.47. The first-order chi connectivity index (χ1) is 15.7. The normalized spacial score (nSPS) is 13.7. The Morgan fingerprint density at radius 1 is 1.18 bits per heavy atom. The van der Waals surface area contributed by atoms with Crippen LogP contribution < -0.4 is 10.3 Å². The highest BCUT2D eigenvalue weighted by atomic mass is 35.5. The van der Waals surface area contributed by atoms with Gasteiger partial charge in [-0.05, 0) is 37.8 Å². The molecule has 1 aromatic heterocycles. The smallest absolute Gasteiger partial charge is 0.334 e. The molecule has 1 aliphatic heterocycles. The minimum absolute atomic E-state index is 0.00270. The molecule has 0 unspecified atom stereocenters. The molecule has 0 fully saturated rings. The van der Waals surface area contributed by atoms with Gasteiger partial charge in [-0.2, -0.15) is 0 Å². The second-order valence-electron chi connectivity index (χ2n) is 8.04. The number of carbonyl (C=O) groups is 1. The molecule has 1 aliphatic rings. The maximum absolute atomic E-state index is 14.8. The predicted molar refractivity (Wildman–Crippen MR) is 124 cm³/mol. The van der Waals surface area contributed by atoms with E-state index in [1.54, 1.807) is 11.6 Å². The number of benzene rings is 1. The lowest BCUT2D eigenvalue weighted by Gasteiger charge is -2.17. The standard InChI is InChI=1S/C23H27Cl2FN2O5/c1-4-31-15(9-20(29)33-12-14(2)3)13-32-19-10-16(18(26)11-17(19)24)21-22(25)27-7-5-6-8-28(27)23(21)30/h9-11,14H,4-8,12-13H2,1-3H3/b15-9+. The molecule has 0 amide bonds. The second-order valence-corrected chi connectivity index (χ2v) is 8.81. The minimum atomic E-state index is -0.687. The average Bonchev–Trinajstić information content (AvgIpc) is 3.02.